The minimum Gasteiger partial charge on any atom is -0.402 e. The number of nitrogens with zero attached hydrogens (tertiary/aromatic N) is 1. The fourth-order valence-electron chi connectivity index (χ4n) is 3.57. The topological polar surface area (TPSA) is 67.3 Å². The highest BCUT2D eigenvalue weighted by molar-refractivity contribution is 5.13. The van der Waals surface area contributed by atoms with Gasteiger partial charge in [-0.15, -0.1) is 0 Å². The normalized spacial score (nSPS) is 25.7. The van der Waals surface area contributed by atoms with Gasteiger partial charge in [-0.05, 0) is 81.1 Å². The molecule has 1 atom stereocenters. The van der Waals surface area contributed by atoms with Crippen LogP contribution in [0.25, 0.3) is 0 Å². The van der Waals surface area contributed by atoms with Crippen molar-refractivity contribution in [2.75, 3.05) is 26.2 Å². The lowest BCUT2D eigenvalue weighted by atomic mass is 9.88. The number of hydrogen-bond acceptors (Lipinski definition) is 4. The van der Waals surface area contributed by atoms with Crippen LogP contribution in [0.15, 0.2) is 23.7 Å². The summed E-state index contributed by atoms with van der Waals surface area (Å²) < 4.78 is 0. The van der Waals surface area contributed by atoms with Crippen molar-refractivity contribution in [3.8, 4) is 0 Å². The maximum atomic E-state index is 5.96. The van der Waals surface area contributed by atoms with E-state index >= 15 is 0 Å². The Morgan fingerprint density at radius 1 is 1.22 bits per heavy atom. The van der Waals surface area contributed by atoms with E-state index in [0.29, 0.717) is 10.8 Å². The van der Waals surface area contributed by atoms with Crippen molar-refractivity contribution in [1.29, 1.82) is 0 Å². The number of nitrogens with one attached hydrogen (secondary N) is 1. The highest BCUT2D eigenvalue weighted by Crippen LogP contribution is 2.59. The quantitative estimate of drug-likeness (QED) is 0.658. The van der Waals surface area contributed by atoms with Gasteiger partial charge in [-0.3, -0.25) is 0 Å². The third-order valence-corrected chi connectivity index (χ3v) is 5.47. The van der Waals surface area contributed by atoms with Crippen molar-refractivity contribution >= 4 is 0 Å². The lowest BCUT2D eigenvalue weighted by molar-refractivity contribution is 0.146. The van der Waals surface area contributed by atoms with Gasteiger partial charge in [0.05, 0.1) is 5.82 Å². The molecule has 1 saturated heterocycles. The minimum atomic E-state index is 0.446. The van der Waals surface area contributed by atoms with Crippen LogP contribution in [0.3, 0.4) is 0 Å². The summed E-state index contributed by atoms with van der Waals surface area (Å²) in [7, 11) is 0. The Balaban J connectivity index is 1.68. The third kappa shape index (κ3) is 5.76. The zero-order chi connectivity index (χ0) is 17.1. The Morgan fingerprint density at radius 2 is 1.87 bits per heavy atom. The molecule has 2 aliphatic rings. The second-order valence-corrected chi connectivity index (χ2v) is 8.83. The molecule has 0 aromatic rings. The second-order valence-electron chi connectivity index (χ2n) is 8.83. The van der Waals surface area contributed by atoms with E-state index in [4.69, 9.17) is 11.5 Å². The van der Waals surface area contributed by atoms with Crippen LogP contribution in [-0.2, 0) is 0 Å². The van der Waals surface area contributed by atoms with Crippen LogP contribution < -0.4 is 16.8 Å². The molecule has 2 rings (SSSR count). The van der Waals surface area contributed by atoms with E-state index in [2.05, 4.69) is 31.0 Å². The number of rotatable bonds is 6. The smallest absolute Gasteiger partial charge is 0.0960 e. The standard InChI is InChI=1S/C19H36N4/c1-15(20)5-6-17(21)22-14-16-13-19(16)8-11-23(12-9-19)10-7-18(2,3)4/h5-6,16,22H,7-14,20-21H2,1-4H3/b15-5-,17-6+. The van der Waals surface area contributed by atoms with Crippen LogP contribution in [0.4, 0.5) is 0 Å². The largest absolute Gasteiger partial charge is 0.402 e. The summed E-state index contributed by atoms with van der Waals surface area (Å²) in [4.78, 5) is 2.66. The van der Waals surface area contributed by atoms with Gasteiger partial charge in [0.2, 0.25) is 0 Å². The lowest BCUT2D eigenvalue weighted by Crippen LogP contribution is -2.37. The fourth-order valence-corrected chi connectivity index (χ4v) is 3.57. The van der Waals surface area contributed by atoms with E-state index in [-0.39, 0.29) is 0 Å². The van der Waals surface area contributed by atoms with Gasteiger partial charge in [-0.2, -0.15) is 0 Å². The van der Waals surface area contributed by atoms with Gasteiger partial charge in [0.15, 0.2) is 0 Å². The molecule has 0 aromatic heterocycles. The Labute approximate surface area is 142 Å². The average molecular weight is 321 g/mol. The summed E-state index contributed by atoms with van der Waals surface area (Å²) in [5.74, 6) is 1.52. The van der Waals surface area contributed by atoms with E-state index in [1.165, 1.54) is 45.3 Å². The lowest BCUT2D eigenvalue weighted by Gasteiger charge is -2.34. The maximum absolute atomic E-state index is 5.96. The van der Waals surface area contributed by atoms with Crippen molar-refractivity contribution < 1.29 is 0 Å². The average Bonchev–Trinajstić information content (AvgIpc) is 3.14. The summed E-state index contributed by atoms with van der Waals surface area (Å²) >= 11 is 0. The fraction of sp³-hybridized carbons (Fsp3) is 0.789. The Bertz CT molecular complexity index is 446. The summed E-state index contributed by atoms with van der Waals surface area (Å²) in [6.07, 6.45) is 9.08. The maximum Gasteiger partial charge on any atom is 0.0960 e. The molecule has 1 aliphatic carbocycles. The van der Waals surface area contributed by atoms with E-state index in [1.807, 2.05) is 19.1 Å². The van der Waals surface area contributed by atoms with Crippen LogP contribution in [0.2, 0.25) is 0 Å². The summed E-state index contributed by atoms with van der Waals surface area (Å²) in [5.41, 5.74) is 13.4. The summed E-state index contributed by atoms with van der Waals surface area (Å²) in [5, 5.41) is 3.35. The number of allylic oxidation sites excluding steroid dienone is 3. The van der Waals surface area contributed by atoms with Gasteiger partial charge in [0.1, 0.15) is 0 Å². The molecule has 5 N–H and O–H groups in total. The molecule has 1 unspecified atom stereocenters. The van der Waals surface area contributed by atoms with Gasteiger partial charge in [0.25, 0.3) is 0 Å². The first-order valence-corrected chi connectivity index (χ1v) is 9.06. The van der Waals surface area contributed by atoms with Gasteiger partial charge in [-0.1, -0.05) is 20.8 Å². The molecule has 1 spiro atoms. The van der Waals surface area contributed by atoms with Crippen molar-refractivity contribution in [3.05, 3.63) is 23.7 Å². The van der Waals surface area contributed by atoms with Crippen LogP contribution in [0.5, 0.6) is 0 Å². The van der Waals surface area contributed by atoms with Crippen molar-refractivity contribution in [2.45, 2.75) is 53.4 Å². The van der Waals surface area contributed by atoms with Crippen molar-refractivity contribution in [3.63, 3.8) is 0 Å². The molecule has 4 nitrogen and oxygen atoms in total. The first-order valence-electron chi connectivity index (χ1n) is 9.06. The second kappa shape index (κ2) is 7.16. The molecule has 0 aromatic carbocycles. The molecule has 2 fully saturated rings. The molecule has 4 heteroatoms. The van der Waals surface area contributed by atoms with E-state index in [1.54, 1.807) is 0 Å². The highest BCUT2D eigenvalue weighted by Gasteiger charge is 2.54. The zero-order valence-electron chi connectivity index (χ0n) is 15.5. The van der Waals surface area contributed by atoms with Gasteiger partial charge in [-0.25, -0.2) is 0 Å². The number of nitrogens with two attached hydrogens (primary N) is 2. The van der Waals surface area contributed by atoms with Crippen LogP contribution >= 0.6 is 0 Å². The Hall–Kier alpha value is -1.16. The minimum absolute atomic E-state index is 0.446. The van der Waals surface area contributed by atoms with Gasteiger partial charge in [0, 0.05) is 12.2 Å². The highest BCUT2D eigenvalue weighted by atomic mass is 15.1. The predicted molar refractivity (Wildman–Crippen MR) is 98.5 cm³/mol. The molecular formula is C19H36N4. The number of piperidine rings is 1. The first-order chi connectivity index (χ1) is 10.7. The monoisotopic (exact) mass is 320 g/mol. The number of likely N-dealkylation sites (tertiary alicyclic amines) is 1. The van der Waals surface area contributed by atoms with E-state index < -0.39 is 0 Å². The van der Waals surface area contributed by atoms with E-state index in [0.717, 1.165) is 24.0 Å². The molecule has 0 radical (unpaired) electrons. The van der Waals surface area contributed by atoms with Gasteiger partial charge < -0.3 is 21.7 Å². The molecule has 0 bridgehead atoms. The molecule has 23 heavy (non-hydrogen) atoms. The molecule has 0 amide bonds. The molecular weight excluding hydrogens is 284 g/mol. The molecule has 1 aliphatic heterocycles. The first kappa shape index (κ1) is 18.2. The number of hydrogen-bond donors (Lipinski definition) is 3. The van der Waals surface area contributed by atoms with Gasteiger partial charge >= 0.3 is 0 Å². The van der Waals surface area contributed by atoms with Crippen LogP contribution in [0.1, 0.15) is 53.4 Å². The van der Waals surface area contributed by atoms with Crippen LogP contribution in [0, 0.1) is 16.7 Å². The Kier molecular flexibility index (Phi) is 5.66. The Morgan fingerprint density at radius 3 is 2.43 bits per heavy atom. The summed E-state index contributed by atoms with van der Waals surface area (Å²) in [6, 6.07) is 0. The SMILES string of the molecule is C/C(N)=C/C=C(\N)NCC1CC12CCN(CCC(C)(C)C)CC2. The zero-order valence-corrected chi connectivity index (χ0v) is 15.5. The summed E-state index contributed by atoms with van der Waals surface area (Å²) in [6.45, 7) is 13.7. The van der Waals surface area contributed by atoms with Crippen LogP contribution in [-0.4, -0.2) is 31.1 Å². The molecule has 1 heterocycles. The predicted octanol–water partition coefficient (Wildman–Crippen LogP) is 2.78. The molecule has 1 saturated carbocycles. The molecule has 132 valence electrons. The van der Waals surface area contributed by atoms with Crippen molar-refractivity contribution in [2.24, 2.45) is 28.2 Å². The third-order valence-electron chi connectivity index (χ3n) is 5.47. The van der Waals surface area contributed by atoms with E-state index in [9.17, 15) is 0 Å². The van der Waals surface area contributed by atoms with Crippen molar-refractivity contribution in [1.82, 2.24) is 10.2 Å².